The highest BCUT2D eigenvalue weighted by molar-refractivity contribution is 6.31. The highest BCUT2D eigenvalue weighted by Crippen LogP contribution is 2.22. The number of cyclic esters (lactones) is 1. The Balaban J connectivity index is 2.12. The van der Waals surface area contributed by atoms with E-state index in [1.54, 1.807) is 24.1 Å². The van der Waals surface area contributed by atoms with Crippen LogP contribution in [0.5, 0.6) is 0 Å². The molecular formula is C12H13ClFNO2. The number of benzene rings is 1. The third-order valence-electron chi connectivity index (χ3n) is 2.91. The normalized spacial score (nSPS) is 19.8. The fraction of sp³-hybridized carbons (Fsp3) is 0.417. The van der Waals surface area contributed by atoms with E-state index in [0.717, 1.165) is 0 Å². The van der Waals surface area contributed by atoms with E-state index in [0.29, 0.717) is 30.2 Å². The molecule has 0 aliphatic carbocycles. The van der Waals surface area contributed by atoms with Crippen molar-refractivity contribution in [2.24, 2.45) is 0 Å². The van der Waals surface area contributed by atoms with E-state index < -0.39 is 0 Å². The van der Waals surface area contributed by atoms with Gasteiger partial charge in [-0.2, -0.15) is 0 Å². The molecule has 2 rings (SSSR count). The summed E-state index contributed by atoms with van der Waals surface area (Å²) in [5.41, 5.74) is 0.413. The van der Waals surface area contributed by atoms with Crippen molar-refractivity contribution >= 4 is 17.6 Å². The lowest BCUT2D eigenvalue weighted by Gasteiger charge is -2.21. The molecule has 1 heterocycles. The van der Waals surface area contributed by atoms with Gasteiger partial charge in [-0.3, -0.25) is 9.69 Å². The van der Waals surface area contributed by atoms with Gasteiger partial charge in [0, 0.05) is 23.6 Å². The molecular weight excluding hydrogens is 245 g/mol. The maximum atomic E-state index is 13.6. The summed E-state index contributed by atoms with van der Waals surface area (Å²) in [6, 6.07) is 4.26. The fourth-order valence-electron chi connectivity index (χ4n) is 1.93. The molecule has 0 amide bonds. The van der Waals surface area contributed by atoms with Gasteiger partial charge in [0.25, 0.3) is 0 Å². The van der Waals surface area contributed by atoms with Crippen LogP contribution in [0.4, 0.5) is 4.39 Å². The predicted molar refractivity (Wildman–Crippen MR) is 62.2 cm³/mol. The fourth-order valence-corrected chi connectivity index (χ4v) is 2.15. The summed E-state index contributed by atoms with van der Waals surface area (Å²) in [5, 5.41) is 0.378. The average molecular weight is 258 g/mol. The van der Waals surface area contributed by atoms with E-state index in [-0.39, 0.29) is 17.8 Å². The maximum Gasteiger partial charge on any atom is 0.323 e. The van der Waals surface area contributed by atoms with Crippen molar-refractivity contribution in [1.29, 1.82) is 0 Å². The third kappa shape index (κ3) is 2.58. The molecule has 0 radical (unpaired) electrons. The smallest absolute Gasteiger partial charge is 0.323 e. The van der Waals surface area contributed by atoms with Crippen LogP contribution in [0.1, 0.15) is 12.0 Å². The largest absolute Gasteiger partial charge is 0.464 e. The molecule has 92 valence electrons. The molecule has 1 aromatic rings. The Morgan fingerprint density at radius 3 is 2.94 bits per heavy atom. The maximum absolute atomic E-state index is 13.6. The van der Waals surface area contributed by atoms with Crippen LogP contribution in [0, 0.1) is 5.82 Å². The molecule has 17 heavy (non-hydrogen) atoms. The van der Waals surface area contributed by atoms with Crippen LogP contribution in [0.2, 0.25) is 5.02 Å². The molecule has 1 saturated heterocycles. The summed E-state index contributed by atoms with van der Waals surface area (Å²) in [5.74, 6) is -0.601. The van der Waals surface area contributed by atoms with Crippen molar-refractivity contribution < 1.29 is 13.9 Å². The molecule has 0 spiro atoms. The Morgan fingerprint density at radius 2 is 2.35 bits per heavy atom. The number of hydrogen-bond donors (Lipinski definition) is 0. The molecule has 0 unspecified atom stereocenters. The Labute approximate surface area is 104 Å². The summed E-state index contributed by atoms with van der Waals surface area (Å²) in [6.45, 7) is 0.726. The number of ether oxygens (including phenoxy) is 1. The van der Waals surface area contributed by atoms with Crippen molar-refractivity contribution in [3.63, 3.8) is 0 Å². The first-order valence-electron chi connectivity index (χ1n) is 5.39. The molecule has 1 aliphatic rings. The summed E-state index contributed by atoms with van der Waals surface area (Å²) >= 11 is 5.93. The minimum Gasteiger partial charge on any atom is -0.464 e. The van der Waals surface area contributed by atoms with Crippen LogP contribution in [-0.2, 0) is 16.1 Å². The number of halogens is 2. The molecule has 1 aliphatic heterocycles. The summed E-state index contributed by atoms with van der Waals surface area (Å²) in [7, 11) is 1.76. The molecule has 0 aromatic heterocycles. The summed E-state index contributed by atoms with van der Waals surface area (Å²) < 4.78 is 18.4. The monoisotopic (exact) mass is 257 g/mol. The first-order chi connectivity index (χ1) is 8.09. The van der Waals surface area contributed by atoms with Crippen LogP contribution in [0.25, 0.3) is 0 Å². The molecule has 0 N–H and O–H groups in total. The molecule has 0 saturated carbocycles. The molecule has 5 heteroatoms. The molecule has 1 atom stereocenters. The number of carbonyl (C=O) groups excluding carboxylic acids is 1. The highest BCUT2D eigenvalue weighted by atomic mass is 35.5. The zero-order valence-electron chi connectivity index (χ0n) is 9.45. The second-order valence-corrected chi connectivity index (χ2v) is 4.49. The van der Waals surface area contributed by atoms with Crippen LogP contribution >= 0.6 is 11.6 Å². The zero-order chi connectivity index (χ0) is 12.4. The second-order valence-electron chi connectivity index (χ2n) is 4.09. The van der Waals surface area contributed by atoms with Crippen molar-refractivity contribution in [3.05, 3.63) is 34.6 Å². The lowest BCUT2D eigenvalue weighted by atomic mass is 10.1. The summed E-state index contributed by atoms with van der Waals surface area (Å²) in [6.07, 6.45) is 0.640. The van der Waals surface area contributed by atoms with Gasteiger partial charge in [0.15, 0.2) is 0 Å². The van der Waals surface area contributed by atoms with Gasteiger partial charge in [0.2, 0.25) is 0 Å². The Morgan fingerprint density at radius 1 is 1.59 bits per heavy atom. The quantitative estimate of drug-likeness (QED) is 0.778. The van der Waals surface area contributed by atoms with Crippen molar-refractivity contribution in [2.75, 3.05) is 13.7 Å². The molecule has 1 aromatic carbocycles. The van der Waals surface area contributed by atoms with Gasteiger partial charge in [-0.1, -0.05) is 17.7 Å². The number of nitrogens with zero attached hydrogens (tertiary/aromatic N) is 1. The van der Waals surface area contributed by atoms with Crippen LogP contribution in [0.15, 0.2) is 18.2 Å². The van der Waals surface area contributed by atoms with E-state index in [4.69, 9.17) is 16.3 Å². The van der Waals surface area contributed by atoms with Gasteiger partial charge in [-0.15, -0.1) is 0 Å². The van der Waals surface area contributed by atoms with Crippen LogP contribution in [0.3, 0.4) is 0 Å². The number of rotatable bonds is 3. The van der Waals surface area contributed by atoms with Crippen molar-refractivity contribution in [3.8, 4) is 0 Å². The Kier molecular flexibility index (Phi) is 3.64. The van der Waals surface area contributed by atoms with E-state index in [1.165, 1.54) is 6.07 Å². The minimum absolute atomic E-state index is 0.250. The molecule has 0 bridgehead atoms. The number of carbonyl (C=O) groups is 1. The molecule has 1 fully saturated rings. The third-order valence-corrected chi connectivity index (χ3v) is 3.26. The van der Waals surface area contributed by atoms with Gasteiger partial charge in [0.1, 0.15) is 11.9 Å². The van der Waals surface area contributed by atoms with Gasteiger partial charge in [0.05, 0.1) is 6.61 Å². The van der Waals surface area contributed by atoms with Crippen molar-refractivity contribution in [2.45, 2.75) is 19.0 Å². The minimum atomic E-state index is -0.351. The number of likely N-dealkylation sites (N-methyl/N-ethyl adjacent to an activating group) is 1. The number of esters is 1. The Hall–Kier alpha value is -1.13. The van der Waals surface area contributed by atoms with Crippen molar-refractivity contribution in [1.82, 2.24) is 4.90 Å². The predicted octanol–water partition coefficient (Wildman–Crippen LogP) is 2.23. The van der Waals surface area contributed by atoms with E-state index >= 15 is 0 Å². The standard InChI is InChI=1S/C12H13ClFNO2/c1-15(11-5-6-17-12(11)16)7-8-9(13)3-2-4-10(8)14/h2-4,11H,5-7H2,1H3/t11-/m0/s1. The van der Waals surface area contributed by atoms with Gasteiger partial charge in [-0.05, 0) is 19.2 Å². The highest BCUT2D eigenvalue weighted by Gasteiger charge is 2.30. The first-order valence-corrected chi connectivity index (χ1v) is 5.77. The molecule has 3 nitrogen and oxygen atoms in total. The Bertz CT molecular complexity index is 418. The van der Waals surface area contributed by atoms with E-state index in [2.05, 4.69) is 0 Å². The van der Waals surface area contributed by atoms with Gasteiger partial charge < -0.3 is 4.74 Å². The first kappa shape index (κ1) is 12.3. The van der Waals surface area contributed by atoms with Crippen LogP contribution < -0.4 is 0 Å². The lowest BCUT2D eigenvalue weighted by molar-refractivity contribution is -0.142. The average Bonchev–Trinajstić information content (AvgIpc) is 2.70. The topological polar surface area (TPSA) is 29.5 Å². The summed E-state index contributed by atoms with van der Waals surface area (Å²) in [4.78, 5) is 13.1. The van der Waals surface area contributed by atoms with Crippen LogP contribution in [-0.4, -0.2) is 30.6 Å². The van der Waals surface area contributed by atoms with E-state index in [1.807, 2.05) is 0 Å². The van der Waals surface area contributed by atoms with Gasteiger partial charge in [-0.25, -0.2) is 4.39 Å². The van der Waals surface area contributed by atoms with E-state index in [9.17, 15) is 9.18 Å². The lowest BCUT2D eigenvalue weighted by Crippen LogP contribution is -2.35. The second kappa shape index (κ2) is 5.02. The SMILES string of the molecule is CN(Cc1c(F)cccc1Cl)[C@H]1CCOC1=O. The zero-order valence-corrected chi connectivity index (χ0v) is 10.2. The number of hydrogen-bond acceptors (Lipinski definition) is 3. The van der Waals surface area contributed by atoms with Gasteiger partial charge >= 0.3 is 5.97 Å².